The SMILES string of the molecule is COc1ccc(-c2cnc(CSc3nccn3C3CC3)o2)cc1. The first-order valence-corrected chi connectivity index (χ1v) is 8.57. The number of rotatable bonds is 6. The summed E-state index contributed by atoms with van der Waals surface area (Å²) in [4.78, 5) is 8.79. The summed E-state index contributed by atoms with van der Waals surface area (Å²) in [5.74, 6) is 3.00. The minimum atomic E-state index is 0.638. The minimum Gasteiger partial charge on any atom is -0.497 e. The average Bonchev–Trinajstić information content (AvgIpc) is 3.14. The fourth-order valence-electron chi connectivity index (χ4n) is 2.43. The maximum atomic E-state index is 5.85. The zero-order valence-electron chi connectivity index (χ0n) is 12.8. The van der Waals surface area contributed by atoms with Crippen LogP contribution in [0.25, 0.3) is 11.3 Å². The van der Waals surface area contributed by atoms with Crippen LogP contribution in [0.15, 0.2) is 52.4 Å². The van der Waals surface area contributed by atoms with Crippen LogP contribution in [0.4, 0.5) is 0 Å². The second kappa shape index (κ2) is 6.12. The van der Waals surface area contributed by atoms with Crippen LogP contribution in [0, 0.1) is 0 Å². The number of hydrogen-bond acceptors (Lipinski definition) is 5. The molecular formula is C17H17N3O2S. The molecule has 0 bridgehead atoms. The van der Waals surface area contributed by atoms with Gasteiger partial charge in [0.15, 0.2) is 10.9 Å². The molecule has 0 atom stereocenters. The van der Waals surface area contributed by atoms with Crippen LogP contribution in [-0.4, -0.2) is 21.6 Å². The molecule has 0 saturated heterocycles. The Kier molecular flexibility index (Phi) is 3.83. The van der Waals surface area contributed by atoms with E-state index in [4.69, 9.17) is 9.15 Å². The van der Waals surface area contributed by atoms with Crippen molar-refractivity contribution in [1.29, 1.82) is 0 Å². The maximum absolute atomic E-state index is 5.85. The zero-order chi connectivity index (χ0) is 15.6. The lowest BCUT2D eigenvalue weighted by molar-refractivity contribution is 0.415. The molecule has 0 unspecified atom stereocenters. The quantitative estimate of drug-likeness (QED) is 0.636. The Labute approximate surface area is 138 Å². The van der Waals surface area contributed by atoms with Gasteiger partial charge in [-0.3, -0.25) is 0 Å². The third-order valence-electron chi connectivity index (χ3n) is 3.83. The molecule has 1 aliphatic carbocycles. The lowest BCUT2D eigenvalue weighted by Gasteiger charge is -2.03. The van der Waals surface area contributed by atoms with E-state index in [0.29, 0.717) is 17.7 Å². The minimum absolute atomic E-state index is 0.638. The van der Waals surface area contributed by atoms with Gasteiger partial charge in [-0.15, -0.1) is 0 Å². The van der Waals surface area contributed by atoms with Crippen molar-refractivity contribution in [2.24, 2.45) is 0 Å². The van der Waals surface area contributed by atoms with E-state index in [2.05, 4.69) is 20.7 Å². The number of hydrogen-bond donors (Lipinski definition) is 0. The van der Waals surface area contributed by atoms with Gasteiger partial charge in [-0.2, -0.15) is 0 Å². The number of thioether (sulfide) groups is 1. The number of oxazole rings is 1. The van der Waals surface area contributed by atoms with Crippen molar-refractivity contribution < 1.29 is 9.15 Å². The summed E-state index contributed by atoms with van der Waals surface area (Å²) < 4.78 is 13.3. The number of benzene rings is 1. The fraction of sp³-hybridized carbons (Fsp3) is 0.294. The van der Waals surface area contributed by atoms with Crippen molar-refractivity contribution in [3.8, 4) is 17.1 Å². The Bertz CT molecular complexity index is 790. The molecule has 1 aliphatic rings. The molecule has 2 aromatic heterocycles. The third-order valence-corrected chi connectivity index (χ3v) is 4.79. The molecule has 0 radical (unpaired) electrons. The molecule has 23 heavy (non-hydrogen) atoms. The Morgan fingerprint density at radius 3 is 2.83 bits per heavy atom. The summed E-state index contributed by atoms with van der Waals surface area (Å²) in [6.45, 7) is 0. The van der Waals surface area contributed by atoms with E-state index >= 15 is 0 Å². The molecular weight excluding hydrogens is 310 g/mol. The molecule has 1 aromatic carbocycles. The van der Waals surface area contributed by atoms with Crippen molar-refractivity contribution in [2.75, 3.05) is 7.11 Å². The van der Waals surface area contributed by atoms with E-state index in [-0.39, 0.29) is 0 Å². The summed E-state index contributed by atoms with van der Waals surface area (Å²) >= 11 is 1.67. The van der Waals surface area contributed by atoms with Gasteiger partial charge in [0.05, 0.1) is 19.1 Å². The zero-order valence-corrected chi connectivity index (χ0v) is 13.6. The van der Waals surface area contributed by atoms with Crippen LogP contribution < -0.4 is 4.74 Å². The summed E-state index contributed by atoms with van der Waals surface area (Å²) in [5.41, 5.74) is 0.994. The van der Waals surface area contributed by atoms with Gasteiger partial charge in [0.2, 0.25) is 5.89 Å². The molecule has 3 aromatic rings. The van der Waals surface area contributed by atoms with Crippen LogP contribution in [-0.2, 0) is 5.75 Å². The van der Waals surface area contributed by atoms with Crippen molar-refractivity contribution in [3.63, 3.8) is 0 Å². The van der Waals surface area contributed by atoms with Gasteiger partial charge in [0.25, 0.3) is 0 Å². The molecule has 0 aliphatic heterocycles. The van der Waals surface area contributed by atoms with E-state index in [0.717, 1.165) is 22.2 Å². The monoisotopic (exact) mass is 327 g/mol. The number of nitrogens with zero attached hydrogens (tertiary/aromatic N) is 3. The molecule has 1 fully saturated rings. The van der Waals surface area contributed by atoms with Gasteiger partial charge in [-0.05, 0) is 37.1 Å². The fourth-order valence-corrected chi connectivity index (χ4v) is 3.31. The van der Waals surface area contributed by atoms with E-state index in [1.54, 1.807) is 25.1 Å². The molecule has 0 amide bonds. The topological polar surface area (TPSA) is 53.1 Å². The molecule has 4 rings (SSSR count). The van der Waals surface area contributed by atoms with Crippen molar-refractivity contribution in [2.45, 2.75) is 29.8 Å². The van der Waals surface area contributed by atoms with Crippen LogP contribution in [0.5, 0.6) is 5.75 Å². The van der Waals surface area contributed by atoms with Crippen molar-refractivity contribution in [1.82, 2.24) is 14.5 Å². The van der Waals surface area contributed by atoms with Gasteiger partial charge in [-0.1, -0.05) is 11.8 Å². The highest BCUT2D eigenvalue weighted by Crippen LogP contribution is 2.38. The normalized spacial score (nSPS) is 14.1. The maximum Gasteiger partial charge on any atom is 0.205 e. The number of aromatic nitrogens is 3. The average molecular weight is 327 g/mol. The number of ether oxygens (including phenoxy) is 1. The van der Waals surface area contributed by atoms with Crippen LogP contribution in [0.3, 0.4) is 0 Å². The largest absolute Gasteiger partial charge is 0.497 e. The van der Waals surface area contributed by atoms with E-state index in [1.165, 1.54) is 12.8 Å². The highest BCUT2D eigenvalue weighted by molar-refractivity contribution is 7.98. The van der Waals surface area contributed by atoms with E-state index in [9.17, 15) is 0 Å². The highest BCUT2D eigenvalue weighted by Gasteiger charge is 2.25. The molecule has 1 saturated carbocycles. The summed E-state index contributed by atoms with van der Waals surface area (Å²) in [7, 11) is 1.66. The predicted octanol–water partition coefficient (Wildman–Crippen LogP) is 4.17. The Morgan fingerprint density at radius 2 is 2.09 bits per heavy atom. The molecule has 2 heterocycles. The van der Waals surface area contributed by atoms with Gasteiger partial charge < -0.3 is 13.7 Å². The van der Waals surface area contributed by atoms with Gasteiger partial charge >= 0.3 is 0 Å². The first-order chi connectivity index (χ1) is 11.3. The lowest BCUT2D eigenvalue weighted by atomic mass is 10.2. The summed E-state index contributed by atoms with van der Waals surface area (Å²) in [6.07, 6.45) is 8.19. The standard InChI is InChI=1S/C17H17N3O2S/c1-21-14-6-2-12(3-7-14)15-10-19-16(22-15)11-23-17-18-8-9-20(17)13-4-5-13/h2-3,6-10,13H,4-5,11H2,1H3. The van der Waals surface area contributed by atoms with Gasteiger partial charge in [-0.25, -0.2) is 9.97 Å². The van der Waals surface area contributed by atoms with Gasteiger partial charge in [0, 0.05) is 24.0 Å². The molecule has 6 heteroatoms. The molecule has 0 N–H and O–H groups in total. The van der Waals surface area contributed by atoms with Crippen molar-refractivity contribution >= 4 is 11.8 Å². The smallest absolute Gasteiger partial charge is 0.205 e. The third kappa shape index (κ3) is 3.12. The highest BCUT2D eigenvalue weighted by atomic mass is 32.2. The summed E-state index contributed by atoms with van der Waals surface area (Å²) in [5, 5.41) is 1.04. The Balaban J connectivity index is 1.44. The Morgan fingerprint density at radius 1 is 1.26 bits per heavy atom. The first-order valence-electron chi connectivity index (χ1n) is 7.58. The van der Waals surface area contributed by atoms with Crippen LogP contribution in [0.2, 0.25) is 0 Å². The number of imidazole rings is 1. The Hall–Kier alpha value is -2.21. The summed E-state index contributed by atoms with van der Waals surface area (Å²) in [6, 6.07) is 8.41. The second-order valence-electron chi connectivity index (χ2n) is 5.48. The molecule has 0 spiro atoms. The van der Waals surface area contributed by atoms with E-state index < -0.39 is 0 Å². The van der Waals surface area contributed by atoms with Crippen LogP contribution in [0.1, 0.15) is 24.8 Å². The number of methoxy groups -OCH3 is 1. The van der Waals surface area contributed by atoms with E-state index in [1.807, 2.05) is 30.5 Å². The lowest BCUT2D eigenvalue weighted by Crippen LogP contribution is -1.94. The molecule has 118 valence electrons. The van der Waals surface area contributed by atoms with Crippen molar-refractivity contribution in [3.05, 3.63) is 48.7 Å². The first kappa shape index (κ1) is 14.4. The molecule has 5 nitrogen and oxygen atoms in total. The second-order valence-corrected chi connectivity index (χ2v) is 6.43. The van der Waals surface area contributed by atoms with Crippen LogP contribution >= 0.6 is 11.8 Å². The van der Waals surface area contributed by atoms with Gasteiger partial charge in [0.1, 0.15) is 5.75 Å². The predicted molar refractivity (Wildman–Crippen MR) is 88.6 cm³/mol.